The summed E-state index contributed by atoms with van der Waals surface area (Å²) in [6.45, 7) is 5.56. The molecule has 2 aromatic rings. The molecule has 0 radical (unpaired) electrons. The summed E-state index contributed by atoms with van der Waals surface area (Å²) in [7, 11) is 1.67. The Morgan fingerprint density at radius 3 is 2.48 bits per heavy atom. The number of ether oxygens (including phenoxy) is 2. The standard InChI is InChI=1S/C18H23NO2/c1-4-21-17-11-10-15(12-18(17)20-3)13-19-14(2)16-8-6-5-7-9-16/h5-12,14,19H,4,13H2,1-3H3/t14-/m1/s1. The molecular formula is C18H23NO2. The number of methoxy groups -OCH3 is 1. The van der Waals surface area contributed by atoms with Gasteiger partial charge in [0.1, 0.15) is 0 Å². The molecule has 1 atom stereocenters. The third-order valence-corrected chi connectivity index (χ3v) is 3.44. The molecule has 0 fully saturated rings. The fraction of sp³-hybridized carbons (Fsp3) is 0.333. The zero-order valence-electron chi connectivity index (χ0n) is 12.9. The van der Waals surface area contributed by atoms with Gasteiger partial charge in [0.15, 0.2) is 11.5 Å². The predicted molar refractivity (Wildman–Crippen MR) is 85.9 cm³/mol. The molecule has 0 bridgehead atoms. The molecule has 0 unspecified atom stereocenters. The Kier molecular flexibility index (Phi) is 5.64. The van der Waals surface area contributed by atoms with E-state index in [-0.39, 0.29) is 0 Å². The third-order valence-electron chi connectivity index (χ3n) is 3.44. The van der Waals surface area contributed by atoms with Gasteiger partial charge in [-0.2, -0.15) is 0 Å². The van der Waals surface area contributed by atoms with E-state index in [9.17, 15) is 0 Å². The monoisotopic (exact) mass is 285 g/mol. The molecule has 0 amide bonds. The summed E-state index contributed by atoms with van der Waals surface area (Å²) >= 11 is 0. The lowest BCUT2D eigenvalue weighted by atomic mass is 10.1. The molecule has 112 valence electrons. The molecular weight excluding hydrogens is 262 g/mol. The number of hydrogen-bond donors (Lipinski definition) is 1. The van der Waals surface area contributed by atoms with Gasteiger partial charge in [-0.15, -0.1) is 0 Å². The fourth-order valence-electron chi connectivity index (χ4n) is 2.23. The van der Waals surface area contributed by atoms with Crippen LogP contribution in [0.5, 0.6) is 11.5 Å². The molecule has 21 heavy (non-hydrogen) atoms. The molecule has 2 aromatic carbocycles. The predicted octanol–water partition coefficient (Wildman–Crippen LogP) is 3.94. The summed E-state index contributed by atoms with van der Waals surface area (Å²) in [6.07, 6.45) is 0. The zero-order valence-corrected chi connectivity index (χ0v) is 12.9. The smallest absolute Gasteiger partial charge is 0.161 e. The van der Waals surface area contributed by atoms with Crippen LogP contribution >= 0.6 is 0 Å². The average molecular weight is 285 g/mol. The van der Waals surface area contributed by atoms with Gasteiger partial charge in [0.05, 0.1) is 13.7 Å². The summed E-state index contributed by atoms with van der Waals surface area (Å²) < 4.78 is 10.9. The van der Waals surface area contributed by atoms with Gasteiger partial charge in [0.2, 0.25) is 0 Å². The Morgan fingerprint density at radius 1 is 1.05 bits per heavy atom. The van der Waals surface area contributed by atoms with E-state index in [1.54, 1.807) is 7.11 Å². The van der Waals surface area contributed by atoms with Crippen molar-refractivity contribution in [1.29, 1.82) is 0 Å². The molecule has 3 heteroatoms. The first-order valence-corrected chi connectivity index (χ1v) is 7.32. The minimum Gasteiger partial charge on any atom is -0.493 e. The van der Waals surface area contributed by atoms with Gasteiger partial charge >= 0.3 is 0 Å². The molecule has 3 nitrogen and oxygen atoms in total. The van der Waals surface area contributed by atoms with E-state index in [1.807, 2.05) is 25.1 Å². The van der Waals surface area contributed by atoms with Gasteiger partial charge in [-0.25, -0.2) is 0 Å². The maximum atomic E-state index is 5.53. The normalized spacial score (nSPS) is 12.0. The highest BCUT2D eigenvalue weighted by atomic mass is 16.5. The van der Waals surface area contributed by atoms with E-state index in [2.05, 4.69) is 42.6 Å². The van der Waals surface area contributed by atoms with Crippen LogP contribution in [0.25, 0.3) is 0 Å². The highest BCUT2D eigenvalue weighted by molar-refractivity contribution is 5.43. The van der Waals surface area contributed by atoms with Gasteiger partial charge in [0, 0.05) is 12.6 Å². The first-order chi connectivity index (χ1) is 10.2. The second-order valence-corrected chi connectivity index (χ2v) is 4.93. The zero-order chi connectivity index (χ0) is 15.1. The number of nitrogens with one attached hydrogen (secondary N) is 1. The molecule has 0 saturated heterocycles. The van der Waals surface area contributed by atoms with Crippen molar-refractivity contribution < 1.29 is 9.47 Å². The SMILES string of the molecule is CCOc1ccc(CN[C@H](C)c2ccccc2)cc1OC. The van der Waals surface area contributed by atoms with Crippen molar-refractivity contribution in [3.63, 3.8) is 0 Å². The molecule has 0 aliphatic rings. The Labute approximate surface area is 126 Å². The molecule has 0 aliphatic carbocycles. The summed E-state index contributed by atoms with van der Waals surface area (Å²) in [6, 6.07) is 16.8. The van der Waals surface area contributed by atoms with Crippen LogP contribution in [0.3, 0.4) is 0 Å². The Morgan fingerprint density at radius 2 is 1.81 bits per heavy atom. The topological polar surface area (TPSA) is 30.5 Å². The van der Waals surface area contributed by atoms with Gasteiger partial charge in [-0.05, 0) is 37.1 Å². The molecule has 1 N–H and O–H groups in total. The molecule has 0 aromatic heterocycles. The lowest BCUT2D eigenvalue weighted by molar-refractivity contribution is 0.310. The lowest BCUT2D eigenvalue weighted by Gasteiger charge is -2.15. The van der Waals surface area contributed by atoms with Crippen molar-refractivity contribution in [1.82, 2.24) is 5.32 Å². The number of benzene rings is 2. The van der Waals surface area contributed by atoms with E-state index >= 15 is 0 Å². The van der Waals surface area contributed by atoms with Gasteiger partial charge in [-0.1, -0.05) is 36.4 Å². The van der Waals surface area contributed by atoms with E-state index in [4.69, 9.17) is 9.47 Å². The van der Waals surface area contributed by atoms with E-state index in [1.165, 1.54) is 11.1 Å². The van der Waals surface area contributed by atoms with Crippen LogP contribution in [0, 0.1) is 0 Å². The van der Waals surface area contributed by atoms with Gasteiger partial charge in [-0.3, -0.25) is 0 Å². The lowest BCUT2D eigenvalue weighted by Crippen LogP contribution is -2.18. The largest absolute Gasteiger partial charge is 0.493 e. The van der Waals surface area contributed by atoms with Crippen molar-refractivity contribution in [2.75, 3.05) is 13.7 Å². The van der Waals surface area contributed by atoms with Gasteiger partial charge < -0.3 is 14.8 Å². The number of rotatable bonds is 7. The molecule has 0 heterocycles. The average Bonchev–Trinajstić information content (AvgIpc) is 2.54. The second-order valence-electron chi connectivity index (χ2n) is 4.93. The van der Waals surface area contributed by atoms with Gasteiger partial charge in [0.25, 0.3) is 0 Å². The highest BCUT2D eigenvalue weighted by Gasteiger charge is 2.07. The van der Waals surface area contributed by atoms with Crippen LogP contribution < -0.4 is 14.8 Å². The van der Waals surface area contributed by atoms with E-state index in [0.717, 1.165) is 18.0 Å². The molecule has 0 spiro atoms. The van der Waals surface area contributed by atoms with Crippen LogP contribution in [-0.2, 0) is 6.54 Å². The van der Waals surface area contributed by atoms with Crippen molar-refractivity contribution in [2.24, 2.45) is 0 Å². The Balaban J connectivity index is 2.00. The van der Waals surface area contributed by atoms with Crippen LogP contribution in [0.1, 0.15) is 31.0 Å². The molecule has 0 saturated carbocycles. The van der Waals surface area contributed by atoms with Crippen LogP contribution in [0.2, 0.25) is 0 Å². The quantitative estimate of drug-likeness (QED) is 0.835. The van der Waals surface area contributed by atoms with Crippen LogP contribution in [0.15, 0.2) is 48.5 Å². The fourth-order valence-corrected chi connectivity index (χ4v) is 2.23. The minimum absolute atomic E-state index is 0.309. The summed E-state index contributed by atoms with van der Waals surface area (Å²) in [5, 5.41) is 3.52. The summed E-state index contributed by atoms with van der Waals surface area (Å²) in [4.78, 5) is 0. The van der Waals surface area contributed by atoms with E-state index in [0.29, 0.717) is 12.6 Å². The van der Waals surface area contributed by atoms with Crippen LogP contribution in [-0.4, -0.2) is 13.7 Å². The Bertz CT molecular complexity index is 554. The van der Waals surface area contributed by atoms with Crippen molar-refractivity contribution >= 4 is 0 Å². The van der Waals surface area contributed by atoms with Crippen molar-refractivity contribution in [2.45, 2.75) is 26.4 Å². The maximum absolute atomic E-state index is 5.53. The third kappa shape index (κ3) is 4.23. The highest BCUT2D eigenvalue weighted by Crippen LogP contribution is 2.28. The first-order valence-electron chi connectivity index (χ1n) is 7.32. The maximum Gasteiger partial charge on any atom is 0.161 e. The summed E-state index contributed by atoms with van der Waals surface area (Å²) in [5.41, 5.74) is 2.47. The minimum atomic E-state index is 0.309. The van der Waals surface area contributed by atoms with Crippen molar-refractivity contribution in [3.05, 3.63) is 59.7 Å². The molecule has 2 rings (SSSR count). The van der Waals surface area contributed by atoms with Crippen LogP contribution in [0.4, 0.5) is 0 Å². The second kappa shape index (κ2) is 7.70. The van der Waals surface area contributed by atoms with Crippen molar-refractivity contribution in [3.8, 4) is 11.5 Å². The Hall–Kier alpha value is -2.00. The number of hydrogen-bond acceptors (Lipinski definition) is 3. The molecule has 0 aliphatic heterocycles. The summed E-state index contributed by atoms with van der Waals surface area (Å²) in [5.74, 6) is 1.57. The first kappa shape index (κ1) is 15.4. The van der Waals surface area contributed by atoms with E-state index < -0.39 is 0 Å².